The van der Waals surface area contributed by atoms with Crippen LogP contribution in [0.5, 0.6) is 0 Å². The van der Waals surface area contributed by atoms with Crippen LogP contribution in [0.2, 0.25) is 0 Å². The lowest BCUT2D eigenvalue weighted by Gasteiger charge is -1.96. The van der Waals surface area contributed by atoms with E-state index in [1.807, 2.05) is 0 Å². The van der Waals surface area contributed by atoms with E-state index in [-0.39, 0.29) is 0 Å². The summed E-state index contributed by atoms with van der Waals surface area (Å²) in [6.45, 7) is 4.50. The Hall–Kier alpha value is 0.440. The molecule has 0 amide bonds. The third-order valence-electron chi connectivity index (χ3n) is 1.88. The predicted octanol–water partition coefficient (Wildman–Crippen LogP) is 4.61. The van der Waals surface area contributed by atoms with Crippen molar-refractivity contribution >= 4 is 23.5 Å². The number of unbranched alkanes of at least 4 members (excludes halogenated alkanes) is 2. The SMILES string of the molecule is CCCCSCC=CCSCCCC. The highest BCUT2D eigenvalue weighted by Crippen LogP contribution is 2.07. The fourth-order valence-electron chi connectivity index (χ4n) is 0.932. The minimum Gasteiger partial charge on any atom is -0.158 e. The molecule has 0 aliphatic rings. The van der Waals surface area contributed by atoms with Crippen LogP contribution in [0.3, 0.4) is 0 Å². The quantitative estimate of drug-likeness (QED) is 0.398. The molecule has 0 aliphatic heterocycles. The molecule has 0 heterocycles. The number of rotatable bonds is 10. The van der Waals surface area contributed by atoms with Gasteiger partial charge in [-0.3, -0.25) is 0 Å². The van der Waals surface area contributed by atoms with Crippen LogP contribution in [-0.2, 0) is 0 Å². The second-order valence-corrected chi connectivity index (χ2v) is 5.63. The van der Waals surface area contributed by atoms with Crippen molar-refractivity contribution in [3.63, 3.8) is 0 Å². The van der Waals surface area contributed by atoms with E-state index in [1.165, 1.54) is 48.7 Å². The van der Waals surface area contributed by atoms with Gasteiger partial charge in [-0.25, -0.2) is 0 Å². The maximum atomic E-state index is 2.32. The van der Waals surface area contributed by atoms with E-state index in [9.17, 15) is 0 Å². The molecular formula is C12H24S2. The third-order valence-corrected chi connectivity index (χ3v) is 3.89. The molecule has 0 N–H and O–H groups in total. The van der Waals surface area contributed by atoms with Gasteiger partial charge in [-0.05, 0) is 24.3 Å². The molecule has 0 aliphatic carbocycles. The van der Waals surface area contributed by atoms with Gasteiger partial charge in [0.2, 0.25) is 0 Å². The van der Waals surface area contributed by atoms with E-state index < -0.39 is 0 Å². The van der Waals surface area contributed by atoms with E-state index in [1.54, 1.807) is 0 Å². The molecule has 2 heteroatoms. The fraction of sp³-hybridized carbons (Fsp3) is 0.833. The lowest BCUT2D eigenvalue weighted by Crippen LogP contribution is -1.81. The molecule has 0 atom stereocenters. The van der Waals surface area contributed by atoms with Crippen LogP contribution in [0.15, 0.2) is 12.2 Å². The molecule has 0 saturated carbocycles. The van der Waals surface area contributed by atoms with Crippen LogP contribution < -0.4 is 0 Å². The van der Waals surface area contributed by atoms with Gasteiger partial charge in [-0.15, -0.1) is 0 Å². The van der Waals surface area contributed by atoms with Gasteiger partial charge in [0, 0.05) is 11.5 Å². The molecule has 14 heavy (non-hydrogen) atoms. The smallest absolute Gasteiger partial charge is 0.0113 e. The van der Waals surface area contributed by atoms with Gasteiger partial charge in [-0.1, -0.05) is 38.8 Å². The minimum absolute atomic E-state index is 1.20. The van der Waals surface area contributed by atoms with Crippen LogP contribution in [0, 0.1) is 0 Å². The molecule has 0 rings (SSSR count). The Balaban J connectivity index is 2.96. The van der Waals surface area contributed by atoms with Crippen LogP contribution in [0.1, 0.15) is 39.5 Å². The highest BCUT2D eigenvalue weighted by Gasteiger charge is 1.85. The molecule has 0 nitrogen and oxygen atoms in total. The van der Waals surface area contributed by atoms with Gasteiger partial charge in [0.25, 0.3) is 0 Å². The van der Waals surface area contributed by atoms with Crippen molar-refractivity contribution in [3.8, 4) is 0 Å². The highest BCUT2D eigenvalue weighted by molar-refractivity contribution is 7.99. The topological polar surface area (TPSA) is 0 Å². The molecule has 0 bridgehead atoms. The van der Waals surface area contributed by atoms with Gasteiger partial charge in [-0.2, -0.15) is 23.5 Å². The molecule has 0 unspecified atom stereocenters. The maximum absolute atomic E-state index is 2.32. The molecule has 0 aromatic heterocycles. The van der Waals surface area contributed by atoms with Gasteiger partial charge in [0.05, 0.1) is 0 Å². The van der Waals surface area contributed by atoms with Crippen LogP contribution in [0.4, 0.5) is 0 Å². The number of hydrogen-bond acceptors (Lipinski definition) is 2. The summed E-state index contributed by atoms with van der Waals surface area (Å²) in [6, 6.07) is 0. The highest BCUT2D eigenvalue weighted by atomic mass is 32.2. The first kappa shape index (κ1) is 14.4. The first-order chi connectivity index (χ1) is 6.91. The summed E-state index contributed by atoms with van der Waals surface area (Å²) in [5.74, 6) is 5.05. The molecule has 0 aromatic carbocycles. The van der Waals surface area contributed by atoms with Crippen molar-refractivity contribution < 1.29 is 0 Å². The van der Waals surface area contributed by atoms with Crippen molar-refractivity contribution in [2.24, 2.45) is 0 Å². The zero-order valence-electron chi connectivity index (χ0n) is 9.63. The Bertz CT molecular complexity index is 107. The maximum Gasteiger partial charge on any atom is 0.0113 e. The van der Waals surface area contributed by atoms with E-state index in [0.29, 0.717) is 0 Å². The average molecular weight is 232 g/mol. The van der Waals surface area contributed by atoms with Gasteiger partial charge >= 0.3 is 0 Å². The molecular weight excluding hydrogens is 208 g/mol. The summed E-state index contributed by atoms with van der Waals surface area (Å²) < 4.78 is 0. The largest absolute Gasteiger partial charge is 0.158 e. The van der Waals surface area contributed by atoms with Crippen molar-refractivity contribution in [2.75, 3.05) is 23.0 Å². The van der Waals surface area contributed by atoms with Crippen molar-refractivity contribution in [1.82, 2.24) is 0 Å². The second-order valence-electron chi connectivity index (χ2n) is 3.33. The van der Waals surface area contributed by atoms with Crippen molar-refractivity contribution in [1.29, 1.82) is 0 Å². The Morgan fingerprint density at radius 1 is 0.786 bits per heavy atom. The van der Waals surface area contributed by atoms with Gasteiger partial charge < -0.3 is 0 Å². The van der Waals surface area contributed by atoms with E-state index in [2.05, 4.69) is 49.5 Å². The van der Waals surface area contributed by atoms with Gasteiger partial charge in [0.15, 0.2) is 0 Å². The molecule has 0 radical (unpaired) electrons. The lowest BCUT2D eigenvalue weighted by molar-refractivity contribution is 0.896. The average Bonchev–Trinajstić information content (AvgIpc) is 2.21. The zero-order valence-corrected chi connectivity index (χ0v) is 11.3. The molecule has 84 valence electrons. The van der Waals surface area contributed by atoms with Gasteiger partial charge in [0.1, 0.15) is 0 Å². The standard InChI is InChI=1S/C12H24S2/c1-3-5-9-13-11-7-8-12-14-10-6-4-2/h7-8H,3-6,9-12H2,1-2H3. The Morgan fingerprint density at radius 2 is 1.21 bits per heavy atom. The molecule has 0 saturated heterocycles. The van der Waals surface area contributed by atoms with E-state index in [4.69, 9.17) is 0 Å². The number of thioether (sulfide) groups is 2. The third kappa shape index (κ3) is 12.4. The van der Waals surface area contributed by atoms with Crippen LogP contribution in [-0.4, -0.2) is 23.0 Å². The zero-order chi connectivity index (χ0) is 10.5. The second kappa shape index (κ2) is 13.4. The van der Waals surface area contributed by atoms with Crippen molar-refractivity contribution in [2.45, 2.75) is 39.5 Å². The van der Waals surface area contributed by atoms with Crippen LogP contribution >= 0.6 is 23.5 Å². The van der Waals surface area contributed by atoms with Crippen molar-refractivity contribution in [3.05, 3.63) is 12.2 Å². The normalized spacial score (nSPS) is 11.3. The van der Waals surface area contributed by atoms with E-state index >= 15 is 0 Å². The summed E-state index contributed by atoms with van der Waals surface area (Å²) in [4.78, 5) is 0. The predicted molar refractivity (Wildman–Crippen MR) is 73.6 cm³/mol. The summed E-state index contributed by atoms with van der Waals surface area (Å²) in [7, 11) is 0. The first-order valence-electron chi connectivity index (χ1n) is 5.72. The monoisotopic (exact) mass is 232 g/mol. The molecule has 0 aromatic rings. The van der Waals surface area contributed by atoms with E-state index in [0.717, 1.165) is 0 Å². The van der Waals surface area contributed by atoms with Crippen LogP contribution in [0.25, 0.3) is 0 Å². The fourth-order valence-corrected chi connectivity index (χ4v) is 2.79. The first-order valence-corrected chi connectivity index (χ1v) is 8.03. The Morgan fingerprint density at radius 3 is 1.57 bits per heavy atom. The Kier molecular flexibility index (Phi) is 13.9. The summed E-state index contributed by atoms with van der Waals surface area (Å²) >= 11 is 4.10. The summed E-state index contributed by atoms with van der Waals surface area (Å²) in [6.07, 6.45) is 10.0. The number of hydrogen-bond donors (Lipinski definition) is 0. The minimum atomic E-state index is 1.20. The molecule has 0 spiro atoms. The molecule has 0 fully saturated rings. The summed E-state index contributed by atoms with van der Waals surface area (Å²) in [5.41, 5.74) is 0. The lowest BCUT2D eigenvalue weighted by atomic mass is 10.4. The Labute approximate surface area is 98.3 Å². The summed E-state index contributed by atoms with van der Waals surface area (Å²) in [5, 5.41) is 0.